The smallest absolute Gasteiger partial charge is 0.123 e. The molecule has 0 spiro atoms. The number of halogens is 1. The van der Waals surface area contributed by atoms with Crippen LogP contribution in [0.25, 0.3) is 10.6 Å². The van der Waals surface area contributed by atoms with Gasteiger partial charge in [0.25, 0.3) is 0 Å². The highest BCUT2D eigenvalue weighted by Crippen LogP contribution is 2.25. The molecule has 114 valence electrons. The third kappa shape index (κ3) is 4.51. The minimum absolute atomic E-state index is 0.390. The summed E-state index contributed by atoms with van der Waals surface area (Å²) in [6.07, 6.45) is 0. The van der Waals surface area contributed by atoms with Gasteiger partial charge in [-0.3, -0.25) is 4.90 Å². The normalized spacial score (nSPS) is 12.8. The van der Waals surface area contributed by atoms with Gasteiger partial charge >= 0.3 is 0 Å². The highest BCUT2D eigenvalue weighted by Gasteiger charge is 2.10. The van der Waals surface area contributed by atoms with Gasteiger partial charge in [-0.05, 0) is 25.6 Å². The molecule has 3 nitrogen and oxygen atoms in total. The van der Waals surface area contributed by atoms with Crippen LogP contribution in [0, 0.1) is 0 Å². The molecule has 0 amide bonds. The Balaban J connectivity index is 2.10. The minimum atomic E-state index is 0.390. The second-order valence-electron chi connectivity index (χ2n) is 5.20. The SMILES string of the molecule is COCC(C)N(C)Cc1cccc(-c2nc(CCl)cs2)c1. The third-order valence-electron chi connectivity index (χ3n) is 3.45. The first kappa shape index (κ1) is 16.4. The van der Waals surface area contributed by atoms with Crippen LogP contribution in [-0.4, -0.2) is 36.7 Å². The molecule has 0 aliphatic heterocycles. The molecule has 0 fully saturated rings. The average Bonchev–Trinajstić information content (AvgIpc) is 2.96. The lowest BCUT2D eigenvalue weighted by atomic mass is 10.1. The zero-order valence-corrected chi connectivity index (χ0v) is 14.2. The maximum Gasteiger partial charge on any atom is 0.123 e. The molecule has 0 N–H and O–H groups in total. The van der Waals surface area contributed by atoms with E-state index in [0.717, 1.165) is 29.4 Å². The summed E-state index contributed by atoms with van der Waals surface area (Å²) in [5.74, 6) is 0.466. The van der Waals surface area contributed by atoms with Crippen LogP contribution >= 0.6 is 22.9 Å². The highest BCUT2D eigenvalue weighted by molar-refractivity contribution is 7.13. The molecule has 21 heavy (non-hydrogen) atoms. The Kier molecular flexibility index (Phi) is 6.18. The van der Waals surface area contributed by atoms with Crippen LogP contribution in [0.15, 0.2) is 29.6 Å². The number of likely N-dealkylation sites (N-methyl/N-ethyl adjacent to an activating group) is 1. The van der Waals surface area contributed by atoms with E-state index in [1.807, 2.05) is 5.38 Å². The fourth-order valence-electron chi connectivity index (χ4n) is 2.12. The molecule has 0 radical (unpaired) electrons. The number of rotatable bonds is 7. The van der Waals surface area contributed by atoms with Crippen molar-refractivity contribution in [2.24, 2.45) is 0 Å². The number of aromatic nitrogens is 1. The second-order valence-corrected chi connectivity index (χ2v) is 6.32. The molecule has 0 saturated heterocycles. The molecule has 0 aliphatic rings. The lowest BCUT2D eigenvalue weighted by Crippen LogP contribution is -2.32. The van der Waals surface area contributed by atoms with Gasteiger partial charge in [0.1, 0.15) is 5.01 Å². The van der Waals surface area contributed by atoms with Crippen LogP contribution in [-0.2, 0) is 17.2 Å². The number of hydrogen-bond acceptors (Lipinski definition) is 4. The van der Waals surface area contributed by atoms with Crippen molar-refractivity contribution in [3.8, 4) is 10.6 Å². The molecule has 0 aliphatic carbocycles. The van der Waals surface area contributed by atoms with Crippen molar-refractivity contribution in [3.63, 3.8) is 0 Å². The maximum absolute atomic E-state index is 5.82. The largest absolute Gasteiger partial charge is 0.383 e. The van der Waals surface area contributed by atoms with Gasteiger partial charge in [0.2, 0.25) is 0 Å². The van der Waals surface area contributed by atoms with Gasteiger partial charge in [0, 0.05) is 30.6 Å². The summed E-state index contributed by atoms with van der Waals surface area (Å²) in [6.45, 7) is 3.80. The molecule has 2 rings (SSSR count). The van der Waals surface area contributed by atoms with Crippen molar-refractivity contribution in [1.29, 1.82) is 0 Å². The Bertz CT molecular complexity index is 573. The van der Waals surface area contributed by atoms with Gasteiger partial charge in [0.15, 0.2) is 0 Å². The van der Waals surface area contributed by atoms with E-state index in [0.29, 0.717) is 11.9 Å². The predicted molar refractivity (Wildman–Crippen MR) is 89.9 cm³/mol. The Morgan fingerprint density at radius 2 is 2.24 bits per heavy atom. The van der Waals surface area contributed by atoms with Crippen LogP contribution in [0.4, 0.5) is 0 Å². The van der Waals surface area contributed by atoms with E-state index in [2.05, 4.69) is 48.1 Å². The number of methoxy groups -OCH3 is 1. The molecule has 1 aromatic heterocycles. The van der Waals surface area contributed by atoms with E-state index in [1.54, 1.807) is 18.4 Å². The molecule has 1 aromatic carbocycles. The summed E-state index contributed by atoms with van der Waals surface area (Å²) in [5, 5.41) is 3.04. The van der Waals surface area contributed by atoms with Crippen molar-refractivity contribution in [2.75, 3.05) is 20.8 Å². The Morgan fingerprint density at radius 3 is 2.90 bits per heavy atom. The molecule has 0 bridgehead atoms. The van der Waals surface area contributed by atoms with E-state index in [1.165, 1.54) is 5.56 Å². The first-order valence-electron chi connectivity index (χ1n) is 6.93. The summed E-state index contributed by atoms with van der Waals surface area (Å²) in [7, 11) is 3.85. The van der Waals surface area contributed by atoms with Crippen molar-refractivity contribution in [2.45, 2.75) is 25.4 Å². The molecule has 0 saturated carbocycles. The van der Waals surface area contributed by atoms with Gasteiger partial charge in [0.05, 0.1) is 18.2 Å². The second kappa shape index (κ2) is 7.90. The van der Waals surface area contributed by atoms with Crippen LogP contribution in [0.2, 0.25) is 0 Å². The molecule has 5 heteroatoms. The Morgan fingerprint density at radius 1 is 1.43 bits per heavy atom. The molecule has 1 atom stereocenters. The summed E-state index contributed by atoms with van der Waals surface area (Å²) in [5.41, 5.74) is 3.37. The van der Waals surface area contributed by atoms with Gasteiger partial charge in [-0.15, -0.1) is 22.9 Å². The Hall–Kier alpha value is -0.940. The maximum atomic E-state index is 5.82. The zero-order valence-electron chi connectivity index (χ0n) is 12.7. The molecule has 2 aromatic rings. The summed E-state index contributed by atoms with van der Waals surface area (Å²) >= 11 is 7.46. The van der Waals surface area contributed by atoms with E-state index < -0.39 is 0 Å². The monoisotopic (exact) mass is 324 g/mol. The molecular formula is C16H21ClN2OS. The molecular weight excluding hydrogens is 304 g/mol. The topological polar surface area (TPSA) is 25.4 Å². The fraction of sp³-hybridized carbons (Fsp3) is 0.438. The average molecular weight is 325 g/mol. The van der Waals surface area contributed by atoms with Gasteiger partial charge < -0.3 is 4.74 Å². The predicted octanol–water partition coefficient (Wildman–Crippen LogP) is 4.02. The first-order valence-corrected chi connectivity index (χ1v) is 8.34. The zero-order chi connectivity index (χ0) is 15.2. The number of ether oxygens (including phenoxy) is 1. The standard InChI is InChI=1S/C16H21ClN2OS/c1-12(10-20-3)19(2)9-13-5-4-6-14(7-13)16-18-15(8-17)11-21-16/h4-7,11-12H,8-10H2,1-3H3. The first-order chi connectivity index (χ1) is 10.1. The van der Waals surface area contributed by atoms with Crippen molar-refractivity contribution < 1.29 is 4.74 Å². The van der Waals surface area contributed by atoms with Gasteiger partial charge in [-0.1, -0.05) is 18.2 Å². The number of hydrogen-bond donors (Lipinski definition) is 0. The van der Waals surface area contributed by atoms with Crippen molar-refractivity contribution >= 4 is 22.9 Å². The third-order valence-corrected chi connectivity index (χ3v) is 4.67. The number of alkyl halides is 1. The van der Waals surface area contributed by atoms with Crippen LogP contribution in [0.1, 0.15) is 18.2 Å². The van der Waals surface area contributed by atoms with Gasteiger partial charge in [-0.25, -0.2) is 4.98 Å². The summed E-state index contributed by atoms with van der Waals surface area (Å²) < 4.78 is 5.21. The molecule has 1 unspecified atom stereocenters. The van der Waals surface area contributed by atoms with Crippen molar-refractivity contribution in [3.05, 3.63) is 40.9 Å². The lowest BCUT2D eigenvalue weighted by molar-refractivity contribution is 0.112. The van der Waals surface area contributed by atoms with Crippen molar-refractivity contribution in [1.82, 2.24) is 9.88 Å². The Labute approximate surface area is 135 Å². The number of thiazole rings is 1. The number of benzene rings is 1. The van der Waals surface area contributed by atoms with E-state index in [4.69, 9.17) is 16.3 Å². The van der Waals surface area contributed by atoms with E-state index >= 15 is 0 Å². The molecule has 1 heterocycles. The van der Waals surface area contributed by atoms with E-state index in [-0.39, 0.29) is 0 Å². The van der Waals surface area contributed by atoms with Crippen LogP contribution in [0.3, 0.4) is 0 Å². The minimum Gasteiger partial charge on any atom is -0.383 e. The van der Waals surface area contributed by atoms with Crippen LogP contribution < -0.4 is 0 Å². The van der Waals surface area contributed by atoms with E-state index in [9.17, 15) is 0 Å². The van der Waals surface area contributed by atoms with Crippen LogP contribution in [0.5, 0.6) is 0 Å². The highest BCUT2D eigenvalue weighted by atomic mass is 35.5. The number of nitrogens with zero attached hydrogens (tertiary/aromatic N) is 2. The summed E-state index contributed by atoms with van der Waals surface area (Å²) in [4.78, 5) is 6.82. The lowest BCUT2D eigenvalue weighted by Gasteiger charge is -2.24. The quantitative estimate of drug-likeness (QED) is 0.719. The fourth-order valence-corrected chi connectivity index (χ4v) is 3.16. The van der Waals surface area contributed by atoms with Gasteiger partial charge in [-0.2, -0.15) is 0 Å². The summed E-state index contributed by atoms with van der Waals surface area (Å²) in [6, 6.07) is 8.92.